The lowest BCUT2D eigenvalue weighted by atomic mass is 9.84. The molecule has 6 heteroatoms. The summed E-state index contributed by atoms with van der Waals surface area (Å²) >= 11 is 0. The highest BCUT2D eigenvalue weighted by Crippen LogP contribution is 2.49. The van der Waals surface area contributed by atoms with Crippen molar-refractivity contribution in [1.82, 2.24) is 0 Å². The lowest BCUT2D eigenvalue weighted by Gasteiger charge is -2.24. The molecule has 0 aromatic heterocycles. The molecular formula is C10H8O6. The van der Waals surface area contributed by atoms with Gasteiger partial charge in [-0.2, -0.15) is 0 Å². The van der Waals surface area contributed by atoms with Crippen LogP contribution in [-0.4, -0.2) is 23.9 Å². The summed E-state index contributed by atoms with van der Waals surface area (Å²) in [4.78, 5) is 45.3. The second-order valence-corrected chi connectivity index (χ2v) is 4.38. The van der Waals surface area contributed by atoms with E-state index < -0.39 is 47.5 Å². The molecule has 0 aromatic carbocycles. The van der Waals surface area contributed by atoms with E-state index in [1.807, 2.05) is 0 Å². The van der Waals surface area contributed by atoms with Gasteiger partial charge < -0.3 is 9.47 Å². The van der Waals surface area contributed by atoms with Gasteiger partial charge >= 0.3 is 23.9 Å². The Balaban J connectivity index is 1.97. The average Bonchev–Trinajstić information content (AvgIpc) is 2.67. The second kappa shape index (κ2) is 2.90. The minimum atomic E-state index is -0.630. The van der Waals surface area contributed by atoms with Crippen LogP contribution in [0.4, 0.5) is 0 Å². The van der Waals surface area contributed by atoms with Crippen molar-refractivity contribution in [3.8, 4) is 0 Å². The van der Waals surface area contributed by atoms with Crippen LogP contribution in [0, 0.1) is 23.7 Å². The predicted molar refractivity (Wildman–Crippen MR) is 45.4 cm³/mol. The molecule has 2 saturated heterocycles. The molecule has 0 aromatic rings. The maximum absolute atomic E-state index is 11.4. The molecule has 84 valence electrons. The first-order chi connectivity index (χ1) is 7.58. The average molecular weight is 224 g/mol. The van der Waals surface area contributed by atoms with E-state index in [0.29, 0.717) is 0 Å². The third-order valence-corrected chi connectivity index (χ3v) is 3.62. The fourth-order valence-corrected chi connectivity index (χ4v) is 2.93. The Morgan fingerprint density at radius 1 is 0.875 bits per heavy atom. The maximum Gasteiger partial charge on any atom is 0.317 e. The minimum absolute atomic E-state index is 0.0138. The van der Waals surface area contributed by atoms with Gasteiger partial charge in [0.25, 0.3) is 0 Å². The monoisotopic (exact) mass is 224 g/mol. The van der Waals surface area contributed by atoms with Crippen molar-refractivity contribution in [2.45, 2.75) is 12.8 Å². The second-order valence-electron chi connectivity index (χ2n) is 4.38. The number of hydrogen-bond acceptors (Lipinski definition) is 6. The molecule has 1 aliphatic carbocycles. The Hall–Kier alpha value is -1.72. The predicted octanol–water partition coefficient (Wildman–Crippen LogP) is -0.588. The molecular weight excluding hydrogens is 216 g/mol. The van der Waals surface area contributed by atoms with Crippen LogP contribution in [0.5, 0.6) is 0 Å². The zero-order chi connectivity index (χ0) is 11.4. The van der Waals surface area contributed by atoms with Gasteiger partial charge in [0, 0.05) is 0 Å². The molecule has 6 nitrogen and oxygen atoms in total. The lowest BCUT2D eigenvalue weighted by molar-refractivity contribution is -0.171. The SMILES string of the molecule is O=C1CC2C(C[C@@H]3C(=O)OC(=O)C23)C(=O)O1. The zero-order valence-electron chi connectivity index (χ0n) is 8.17. The summed E-state index contributed by atoms with van der Waals surface area (Å²) in [6.45, 7) is 0. The van der Waals surface area contributed by atoms with E-state index in [2.05, 4.69) is 9.47 Å². The lowest BCUT2D eigenvalue weighted by Crippen LogP contribution is -2.36. The van der Waals surface area contributed by atoms with Gasteiger partial charge in [-0.1, -0.05) is 0 Å². The zero-order valence-corrected chi connectivity index (χ0v) is 8.17. The minimum Gasteiger partial charge on any atom is -0.393 e. The Labute approximate surface area is 89.9 Å². The fraction of sp³-hybridized carbons (Fsp3) is 0.600. The number of ether oxygens (including phenoxy) is 2. The first-order valence-electron chi connectivity index (χ1n) is 5.08. The molecule has 3 fully saturated rings. The van der Waals surface area contributed by atoms with E-state index in [-0.39, 0.29) is 12.8 Å². The Bertz CT molecular complexity index is 419. The number of carbonyl (C=O) groups is 4. The molecule has 16 heavy (non-hydrogen) atoms. The summed E-state index contributed by atoms with van der Waals surface area (Å²) in [5.41, 5.74) is 0. The third-order valence-electron chi connectivity index (χ3n) is 3.62. The number of fused-ring (bicyclic) bond motifs is 3. The molecule has 0 amide bonds. The van der Waals surface area contributed by atoms with Gasteiger partial charge in [-0.25, -0.2) is 0 Å². The molecule has 1 saturated carbocycles. The standard InChI is InChI=1S/C10H8O6/c11-6-2-3-4(8(12)15-6)1-5-7(3)10(14)16-9(5)13/h3-5,7H,1-2H2/t3?,4?,5-,7?/m0/s1. The van der Waals surface area contributed by atoms with Crippen molar-refractivity contribution < 1.29 is 28.7 Å². The Morgan fingerprint density at radius 2 is 1.56 bits per heavy atom. The summed E-state index contributed by atoms with van der Waals surface area (Å²) < 4.78 is 9.00. The summed E-state index contributed by atoms with van der Waals surface area (Å²) in [5, 5.41) is 0. The first-order valence-corrected chi connectivity index (χ1v) is 5.08. The highest BCUT2D eigenvalue weighted by Gasteiger charge is 2.60. The van der Waals surface area contributed by atoms with E-state index in [1.54, 1.807) is 0 Å². The molecule has 3 unspecified atom stereocenters. The molecule has 0 bridgehead atoms. The van der Waals surface area contributed by atoms with Crippen LogP contribution in [0.25, 0.3) is 0 Å². The van der Waals surface area contributed by atoms with Crippen molar-refractivity contribution in [1.29, 1.82) is 0 Å². The van der Waals surface area contributed by atoms with E-state index in [4.69, 9.17) is 0 Å². The van der Waals surface area contributed by atoms with Gasteiger partial charge in [0.2, 0.25) is 0 Å². The smallest absolute Gasteiger partial charge is 0.317 e. The van der Waals surface area contributed by atoms with Crippen molar-refractivity contribution >= 4 is 23.9 Å². The number of carbonyl (C=O) groups excluding carboxylic acids is 4. The number of cyclic esters (lactones) is 4. The molecule has 0 radical (unpaired) electrons. The Kier molecular flexibility index (Phi) is 1.72. The molecule has 3 aliphatic rings. The van der Waals surface area contributed by atoms with E-state index in [1.165, 1.54) is 0 Å². The topological polar surface area (TPSA) is 86.7 Å². The normalized spacial score (nSPS) is 41.5. The largest absolute Gasteiger partial charge is 0.393 e. The van der Waals surface area contributed by atoms with Gasteiger partial charge in [0.05, 0.1) is 24.2 Å². The first kappa shape index (κ1) is 9.50. The van der Waals surface area contributed by atoms with Gasteiger partial charge in [-0.3, -0.25) is 19.2 Å². The van der Waals surface area contributed by atoms with Crippen LogP contribution >= 0.6 is 0 Å². The van der Waals surface area contributed by atoms with Gasteiger partial charge in [-0.15, -0.1) is 0 Å². The summed E-state index contributed by atoms with van der Waals surface area (Å²) in [5.74, 6) is -4.55. The quantitative estimate of drug-likeness (QED) is 0.404. The summed E-state index contributed by atoms with van der Waals surface area (Å²) in [7, 11) is 0. The van der Waals surface area contributed by atoms with Crippen LogP contribution in [0.2, 0.25) is 0 Å². The fourth-order valence-electron chi connectivity index (χ4n) is 2.93. The van der Waals surface area contributed by atoms with E-state index in [9.17, 15) is 19.2 Å². The molecule has 0 N–H and O–H groups in total. The summed E-state index contributed by atoms with van der Waals surface area (Å²) in [6.07, 6.45) is 0.270. The molecule has 0 spiro atoms. The molecule has 4 atom stereocenters. The van der Waals surface area contributed by atoms with Crippen LogP contribution in [0.1, 0.15) is 12.8 Å². The molecule has 2 heterocycles. The van der Waals surface area contributed by atoms with Crippen LogP contribution in [-0.2, 0) is 28.7 Å². The van der Waals surface area contributed by atoms with Gasteiger partial charge in [-0.05, 0) is 12.3 Å². The van der Waals surface area contributed by atoms with Gasteiger partial charge in [0.15, 0.2) is 0 Å². The van der Waals surface area contributed by atoms with Gasteiger partial charge in [0.1, 0.15) is 0 Å². The summed E-state index contributed by atoms with van der Waals surface area (Å²) in [6, 6.07) is 0. The maximum atomic E-state index is 11.4. The van der Waals surface area contributed by atoms with Crippen molar-refractivity contribution in [3.05, 3.63) is 0 Å². The van der Waals surface area contributed by atoms with Crippen LogP contribution in [0.3, 0.4) is 0 Å². The van der Waals surface area contributed by atoms with E-state index >= 15 is 0 Å². The highest BCUT2D eigenvalue weighted by atomic mass is 16.6. The van der Waals surface area contributed by atoms with Crippen molar-refractivity contribution in [3.63, 3.8) is 0 Å². The molecule has 2 aliphatic heterocycles. The Morgan fingerprint density at radius 3 is 2.31 bits per heavy atom. The van der Waals surface area contributed by atoms with Crippen LogP contribution < -0.4 is 0 Å². The number of hydrogen-bond donors (Lipinski definition) is 0. The highest BCUT2D eigenvalue weighted by molar-refractivity contribution is 6.00. The van der Waals surface area contributed by atoms with E-state index in [0.717, 1.165) is 0 Å². The third kappa shape index (κ3) is 1.07. The number of rotatable bonds is 0. The van der Waals surface area contributed by atoms with Crippen LogP contribution in [0.15, 0.2) is 0 Å². The molecule has 3 rings (SSSR count). The number of esters is 4. The van der Waals surface area contributed by atoms with Crippen molar-refractivity contribution in [2.24, 2.45) is 23.7 Å². The van der Waals surface area contributed by atoms with Crippen molar-refractivity contribution in [2.75, 3.05) is 0 Å².